The quantitative estimate of drug-likeness (QED) is 0.900. The Morgan fingerprint density at radius 1 is 1.26 bits per heavy atom. The predicted octanol–water partition coefficient (Wildman–Crippen LogP) is 3.33. The number of hydrogen-bond donors (Lipinski definition) is 1. The second kappa shape index (κ2) is 5.49. The number of hydrogen-bond acceptors (Lipinski definition) is 2. The third-order valence-electron chi connectivity index (χ3n) is 3.79. The number of aliphatic imine (C=N–C) groups is 1. The fraction of sp³-hybridized carbons (Fsp3) is 0.500. The van der Waals surface area contributed by atoms with Gasteiger partial charge in [0.25, 0.3) is 0 Å². The van der Waals surface area contributed by atoms with Crippen molar-refractivity contribution in [2.45, 2.75) is 31.8 Å². The van der Waals surface area contributed by atoms with Gasteiger partial charge in [0, 0.05) is 11.8 Å². The molecule has 5 heteroatoms. The summed E-state index contributed by atoms with van der Waals surface area (Å²) in [5.74, 6) is 0.272. The molecule has 0 spiro atoms. The summed E-state index contributed by atoms with van der Waals surface area (Å²) in [7, 11) is 0. The zero-order valence-electron chi connectivity index (χ0n) is 10.5. The van der Waals surface area contributed by atoms with Gasteiger partial charge in [-0.05, 0) is 36.5 Å². The topological polar surface area (TPSA) is 24.4 Å². The van der Waals surface area contributed by atoms with Gasteiger partial charge in [0.2, 0.25) is 0 Å². The maximum absolute atomic E-state index is 13.1. The lowest BCUT2D eigenvalue weighted by Crippen LogP contribution is -2.41. The molecule has 2 unspecified atom stereocenters. The maximum Gasteiger partial charge on any atom is 0.159 e. The van der Waals surface area contributed by atoms with Crippen LogP contribution in [0, 0.1) is 17.6 Å². The summed E-state index contributed by atoms with van der Waals surface area (Å²) < 4.78 is 25.9. The van der Waals surface area contributed by atoms with Gasteiger partial charge in [-0.15, -0.1) is 0 Å². The molecule has 1 aliphatic heterocycles. The van der Waals surface area contributed by atoms with E-state index in [0.29, 0.717) is 18.2 Å². The Labute approximate surface area is 115 Å². The van der Waals surface area contributed by atoms with Crippen LogP contribution in [0.1, 0.15) is 24.8 Å². The van der Waals surface area contributed by atoms with Crippen molar-refractivity contribution in [3.63, 3.8) is 0 Å². The molecule has 2 atom stereocenters. The highest BCUT2D eigenvalue weighted by Gasteiger charge is 2.31. The molecule has 1 heterocycles. The van der Waals surface area contributed by atoms with E-state index in [1.165, 1.54) is 25.3 Å². The first kappa shape index (κ1) is 12.9. The molecule has 0 amide bonds. The first-order valence-electron chi connectivity index (χ1n) is 6.60. The van der Waals surface area contributed by atoms with Crippen LogP contribution in [0.4, 0.5) is 8.78 Å². The molecular weight excluding hydrogens is 266 g/mol. The first-order chi connectivity index (χ1) is 9.22. The Hall–Kier alpha value is -1.10. The molecule has 2 fully saturated rings. The van der Waals surface area contributed by atoms with Gasteiger partial charge in [0.15, 0.2) is 16.8 Å². The Morgan fingerprint density at radius 3 is 3.00 bits per heavy atom. The summed E-state index contributed by atoms with van der Waals surface area (Å²) in [4.78, 5) is 4.46. The molecule has 1 aromatic rings. The summed E-state index contributed by atoms with van der Waals surface area (Å²) in [5, 5.41) is 4.39. The molecule has 1 aromatic carbocycles. The third-order valence-corrected chi connectivity index (χ3v) is 4.91. The van der Waals surface area contributed by atoms with E-state index in [1.807, 2.05) is 0 Å². The minimum Gasteiger partial charge on any atom is -0.362 e. The van der Waals surface area contributed by atoms with E-state index in [9.17, 15) is 8.78 Å². The smallest absolute Gasteiger partial charge is 0.159 e. The number of fused-ring (bicyclic) bond motifs is 1. The zero-order valence-corrected chi connectivity index (χ0v) is 11.4. The van der Waals surface area contributed by atoms with Gasteiger partial charge >= 0.3 is 0 Å². The van der Waals surface area contributed by atoms with Gasteiger partial charge < -0.3 is 5.32 Å². The van der Waals surface area contributed by atoms with Crippen molar-refractivity contribution >= 4 is 16.9 Å². The number of nitrogens with zero attached hydrogens (tertiary/aromatic N) is 1. The number of thioether (sulfide) groups is 1. The van der Waals surface area contributed by atoms with Crippen LogP contribution in [0.2, 0.25) is 0 Å². The minimum absolute atomic E-state index is 0.393. The summed E-state index contributed by atoms with van der Waals surface area (Å²) in [6.45, 7) is 0.393. The fourth-order valence-electron chi connectivity index (χ4n) is 2.70. The number of rotatable bonds is 2. The first-order valence-corrected chi connectivity index (χ1v) is 7.58. The summed E-state index contributed by atoms with van der Waals surface area (Å²) in [5.41, 5.74) is 0.697. The van der Waals surface area contributed by atoms with E-state index < -0.39 is 11.6 Å². The van der Waals surface area contributed by atoms with Gasteiger partial charge in [-0.1, -0.05) is 24.2 Å². The molecule has 0 aromatic heterocycles. The average molecular weight is 282 g/mol. The van der Waals surface area contributed by atoms with Crippen LogP contribution in [0.25, 0.3) is 0 Å². The lowest BCUT2D eigenvalue weighted by molar-refractivity contribution is 0.489. The van der Waals surface area contributed by atoms with Gasteiger partial charge in [0.05, 0.1) is 6.54 Å². The molecule has 1 aliphatic carbocycles. The van der Waals surface area contributed by atoms with Crippen LogP contribution < -0.4 is 5.32 Å². The largest absolute Gasteiger partial charge is 0.362 e. The standard InChI is InChI=1S/C14H16F2N2S/c15-11-5-4-9(6-12(11)16)7-17-14-18-13-3-1-2-10(13)8-19-14/h4-6,10,13H,1-3,7-8H2,(H,17,18). The van der Waals surface area contributed by atoms with Crippen molar-refractivity contribution in [1.82, 2.24) is 5.32 Å². The van der Waals surface area contributed by atoms with E-state index in [-0.39, 0.29) is 0 Å². The van der Waals surface area contributed by atoms with Crippen LogP contribution in [0.3, 0.4) is 0 Å². The highest BCUT2D eigenvalue weighted by molar-refractivity contribution is 8.13. The highest BCUT2D eigenvalue weighted by Crippen LogP contribution is 2.32. The van der Waals surface area contributed by atoms with Gasteiger partial charge in [-0.3, -0.25) is 4.99 Å². The predicted molar refractivity (Wildman–Crippen MR) is 74.2 cm³/mol. The number of benzene rings is 1. The van der Waals surface area contributed by atoms with Gasteiger partial charge in [-0.25, -0.2) is 8.78 Å². The molecule has 1 saturated carbocycles. The number of amidine groups is 1. The lowest BCUT2D eigenvalue weighted by atomic mass is 10.1. The second-order valence-corrected chi connectivity index (χ2v) is 6.13. The van der Waals surface area contributed by atoms with Crippen LogP contribution >= 0.6 is 11.8 Å². The Kier molecular flexibility index (Phi) is 3.73. The molecule has 1 N–H and O–H groups in total. The van der Waals surface area contributed by atoms with Crippen LogP contribution in [0.5, 0.6) is 0 Å². The number of nitrogens with one attached hydrogen (secondary N) is 1. The molecule has 2 nitrogen and oxygen atoms in total. The Morgan fingerprint density at radius 2 is 2.16 bits per heavy atom. The highest BCUT2D eigenvalue weighted by atomic mass is 32.2. The minimum atomic E-state index is -0.810. The van der Waals surface area contributed by atoms with Crippen LogP contribution in [-0.4, -0.2) is 17.0 Å². The fourth-order valence-corrected chi connectivity index (χ4v) is 3.87. The summed E-state index contributed by atoms with van der Waals surface area (Å²) in [6.07, 6.45) is 3.82. The van der Waals surface area contributed by atoms with Crippen LogP contribution in [0.15, 0.2) is 23.2 Å². The van der Waals surface area contributed by atoms with E-state index in [0.717, 1.165) is 22.9 Å². The monoisotopic (exact) mass is 282 g/mol. The molecule has 0 bridgehead atoms. The molecule has 102 valence electrons. The SMILES string of the molecule is Fc1ccc(CN=C2NC3CCCC3CS2)cc1F. The maximum atomic E-state index is 13.1. The van der Waals surface area contributed by atoms with E-state index in [1.54, 1.807) is 17.8 Å². The van der Waals surface area contributed by atoms with Crippen molar-refractivity contribution < 1.29 is 8.78 Å². The molecular formula is C14H16F2N2S. The van der Waals surface area contributed by atoms with E-state index >= 15 is 0 Å². The van der Waals surface area contributed by atoms with Crippen molar-refractivity contribution in [3.8, 4) is 0 Å². The normalized spacial score (nSPS) is 28.2. The van der Waals surface area contributed by atoms with E-state index in [4.69, 9.17) is 0 Å². The van der Waals surface area contributed by atoms with Crippen molar-refractivity contribution in [1.29, 1.82) is 0 Å². The van der Waals surface area contributed by atoms with Crippen molar-refractivity contribution in [3.05, 3.63) is 35.4 Å². The number of halogens is 2. The summed E-state index contributed by atoms with van der Waals surface area (Å²) in [6, 6.07) is 4.50. The molecule has 19 heavy (non-hydrogen) atoms. The zero-order chi connectivity index (χ0) is 13.2. The average Bonchev–Trinajstić information content (AvgIpc) is 2.87. The molecule has 3 rings (SSSR count). The van der Waals surface area contributed by atoms with Crippen molar-refractivity contribution in [2.75, 3.05) is 5.75 Å². The molecule has 0 radical (unpaired) electrons. The van der Waals surface area contributed by atoms with Crippen molar-refractivity contribution in [2.24, 2.45) is 10.9 Å². The molecule has 1 saturated heterocycles. The van der Waals surface area contributed by atoms with Crippen LogP contribution in [-0.2, 0) is 6.54 Å². The second-order valence-electron chi connectivity index (χ2n) is 5.12. The van der Waals surface area contributed by atoms with E-state index in [2.05, 4.69) is 10.3 Å². The van der Waals surface area contributed by atoms with Gasteiger partial charge in [0.1, 0.15) is 0 Å². The lowest BCUT2D eigenvalue weighted by Gasteiger charge is -2.28. The summed E-state index contributed by atoms with van der Waals surface area (Å²) >= 11 is 1.74. The third kappa shape index (κ3) is 2.91. The molecule has 2 aliphatic rings. The Bertz CT molecular complexity index is 504. The Balaban J connectivity index is 1.64. The van der Waals surface area contributed by atoms with Gasteiger partial charge in [-0.2, -0.15) is 0 Å².